The molecule has 4 aromatic rings. The van der Waals surface area contributed by atoms with Crippen LogP contribution < -0.4 is 21.3 Å². The van der Waals surface area contributed by atoms with Gasteiger partial charge in [0.1, 0.15) is 5.76 Å². The number of nitrogens with one attached hydrogen (secondary N) is 5. The summed E-state index contributed by atoms with van der Waals surface area (Å²) in [5.41, 5.74) is 3.54. The Morgan fingerprint density at radius 2 is 1.76 bits per heavy atom. The fourth-order valence-corrected chi connectivity index (χ4v) is 4.25. The number of H-pyrrole nitrogens is 1. The van der Waals surface area contributed by atoms with Gasteiger partial charge in [-0.2, -0.15) is 13.2 Å². The standard InChI is InChI=1S/C28H22F3N5O5/c1-14-8-23(24(41-14)28(29,30)31)36-27(39)34-17-5-3-4-16(10-17)33-18-6-7-20-21(25(37)35-22(20)12-18)11-19-9-15(13-32-19)26(38)40-2/h3-13,32-33H,1-2H3,(H,35,37)(H2,34,36,39). The van der Waals surface area contributed by atoms with Gasteiger partial charge in [-0.1, -0.05) is 12.1 Å². The number of aromatic nitrogens is 1. The van der Waals surface area contributed by atoms with E-state index >= 15 is 0 Å². The number of esters is 1. The number of alkyl halides is 3. The third-order valence-electron chi connectivity index (χ3n) is 6.00. The fourth-order valence-electron chi connectivity index (χ4n) is 4.25. The summed E-state index contributed by atoms with van der Waals surface area (Å²) in [6, 6.07) is 13.6. The molecule has 1 aliphatic rings. The summed E-state index contributed by atoms with van der Waals surface area (Å²) in [6.45, 7) is 1.35. The van der Waals surface area contributed by atoms with Crippen molar-refractivity contribution in [3.63, 3.8) is 0 Å². The van der Waals surface area contributed by atoms with Crippen LogP contribution in [0.4, 0.5) is 46.4 Å². The largest absolute Gasteiger partial charge is 0.465 e. The summed E-state index contributed by atoms with van der Waals surface area (Å²) in [6.07, 6.45) is -1.64. The van der Waals surface area contributed by atoms with Crippen molar-refractivity contribution in [3.8, 4) is 0 Å². The number of methoxy groups -OCH3 is 1. The number of fused-ring (bicyclic) bond motifs is 1. The van der Waals surface area contributed by atoms with E-state index in [1.54, 1.807) is 54.6 Å². The molecule has 0 spiro atoms. The van der Waals surface area contributed by atoms with Gasteiger partial charge in [0.25, 0.3) is 5.91 Å². The maximum atomic E-state index is 13.1. The van der Waals surface area contributed by atoms with Crippen molar-refractivity contribution in [3.05, 3.63) is 89.1 Å². The van der Waals surface area contributed by atoms with Gasteiger partial charge < -0.3 is 35.4 Å². The van der Waals surface area contributed by atoms with Crippen molar-refractivity contribution in [2.75, 3.05) is 28.4 Å². The summed E-state index contributed by atoms with van der Waals surface area (Å²) >= 11 is 0. The lowest BCUT2D eigenvalue weighted by Gasteiger charge is -2.12. The van der Waals surface area contributed by atoms with E-state index in [4.69, 9.17) is 4.74 Å². The number of halogens is 3. The lowest BCUT2D eigenvalue weighted by molar-refractivity contribution is -0.152. The predicted octanol–water partition coefficient (Wildman–Crippen LogP) is 6.60. The number of aryl methyl sites for hydroxylation is 1. The molecule has 0 aliphatic carbocycles. The number of amides is 3. The highest BCUT2D eigenvalue weighted by Crippen LogP contribution is 2.38. The Kier molecular flexibility index (Phi) is 7.01. The number of furan rings is 1. The zero-order chi connectivity index (χ0) is 29.3. The van der Waals surface area contributed by atoms with Gasteiger partial charge in [0.05, 0.1) is 29.6 Å². The van der Waals surface area contributed by atoms with Crippen LogP contribution >= 0.6 is 0 Å². The number of benzene rings is 2. The number of rotatable bonds is 6. The Morgan fingerprint density at radius 1 is 1.00 bits per heavy atom. The molecule has 3 amide bonds. The van der Waals surface area contributed by atoms with Crippen LogP contribution in [0.2, 0.25) is 0 Å². The SMILES string of the molecule is COC(=O)c1c[nH]c(C=C2C(=O)Nc3cc(Nc4cccc(NC(=O)Nc5cc(C)oc5C(F)(F)F)c4)ccc32)c1. The molecule has 2 aromatic heterocycles. The van der Waals surface area contributed by atoms with Crippen LogP contribution in [0.3, 0.4) is 0 Å². The number of aromatic amines is 1. The molecule has 13 heteroatoms. The summed E-state index contributed by atoms with van der Waals surface area (Å²) in [7, 11) is 1.28. The molecule has 0 bridgehead atoms. The van der Waals surface area contributed by atoms with E-state index < -0.39 is 29.6 Å². The first kappa shape index (κ1) is 27.1. The van der Waals surface area contributed by atoms with E-state index in [9.17, 15) is 27.6 Å². The fraction of sp³-hybridized carbons (Fsp3) is 0.107. The third-order valence-corrected chi connectivity index (χ3v) is 6.00. The molecule has 0 saturated carbocycles. The highest BCUT2D eigenvalue weighted by molar-refractivity contribution is 6.35. The number of hydrogen-bond acceptors (Lipinski definition) is 6. The second kappa shape index (κ2) is 10.6. The molecule has 2 aromatic carbocycles. The molecule has 0 fully saturated rings. The van der Waals surface area contributed by atoms with Crippen LogP contribution in [0.1, 0.15) is 33.1 Å². The summed E-state index contributed by atoms with van der Waals surface area (Å²) in [4.78, 5) is 39.6. The Labute approximate surface area is 230 Å². The topological polar surface area (TPSA) is 137 Å². The highest BCUT2D eigenvalue weighted by Gasteiger charge is 2.38. The second-order valence-electron chi connectivity index (χ2n) is 8.99. The van der Waals surface area contributed by atoms with E-state index in [-0.39, 0.29) is 11.7 Å². The molecule has 0 saturated heterocycles. The summed E-state index contributed by atoms with van der Waals surface area (Å²) in [5.74, 6) is -2.10. The number of ether oxygens (including phenoxy) is 1. The van der Waals surface area contributed by atoms with E-state index in [1.807, 2.05) is 0 Å². The number of anilines is 5. The van der Waals surface area contributed by atoms with Crippen molar-refractivity contribution >= 4 is 58.0 Å². The second-order valence-corrected chi connectivity index (χ2v) is 8.99. The Hall–Kier alpha value is -5.46. The van der Waals surface area contributed by atoms with Crippen molar-refractivity contribution in [1.29, 1.82) is 0 Å². The summed E-state index contributed by atoms with van der Waals surface area (Å²) in [5, 5.41) is 10.6. The maximum Gasteiger partial charge on any atom is 0.451 e. The van der Waals surface area contributed by atoms with Crippen LogP contribution in [-0.2, 0) is 15.7 Å². The number of hydrogen-bond donors (Lipinski definition) is 5. The number of carbonyl (C=O) groups excluding carboxylic acids is 3. The van der Waals surface area contributed by atoms with Gasteiger partial charge in [-0.15, -0.1) is 0 Å². The van der Waals surface area contributed by atoms with Crippen LogP contribution in [0, 0.1) is 6.92 Å². The quantitative estimate of drug-likeness (QED) is 0.132. The minimum atomic E-state index is -4.76. The lowest BCUT2D eigenvalue weighted by atomic mass is 10.1. The third kappa shape index (κ3) is 5.93. The molecule has 5 N–H and O–H groups in total. The van der Waals surface area contributed by atoms with Gasteiger partial charge in [0.2, 0.25) is 5.76 Å². The van der Waals surface area contributed by atoms with Crippen LogP contribution in [0.25, 0.3) is 11.6 Å². The molecule has 1 aliphatic heterocycles. The number of urea groups is 1. The number of carbonyl (C=O) groups is 3. The molecule has 0 atom stereocenters. The summed E-state index contributed by atoms with van der Waals surface area (Å²) < 4.78 is 48.8. The molecule has 0 unspecified atom stereocenters. The Bertz CT molecular complexity index is 1700. The van der Waals surface area contributed by atoms with Gasteiger partial charge in [0.15, 0.2) is 0 Å². The van der Waals surface area contributed by atoms with Crippen LogP contribution in [0.15, 0.2) is 65.2 Å². The monoisotopic (exact) mass is 565 g/mol. The van der Waals surface area contributed by atoms with E-state index in [2.05, 4.69) is 30.7 Å². The molecule has 3 heterocycles. The average Bonchev–Trinajstić information content (AvgIpc) is 3.61. The van der Waals surface area contributed by atoms with E-state index in [1.165, 1.54) is 20.2 Å². The maximum absolute atomic E-state index is 13.1. The van der Waals surface area contributed by atoms with Gasteiger partial charge in [-0.3, -0.25) is 4.79 Å². The molecule has 210 valence electrons. The van der Waals surface area contributed by atoms with Crippen LogP contribution in [0.5, 0.6) is 0 Å². The normalized spacial score (nSPS) is 13.5. The van der Waals surface area contributed by atoms with Crippen LogP contribution in [-0.4, -0.2) is 30.0 Å². The minimum Gasteiger partial charge on any atom is -0.465 e. The smallest absolute Gasteiger partial charge is 0.451 e. The minimum absolute atomic E-state index is 0.00368. The predicted molar refractivity (Wildman–Crippen MR) is 146 cm³/mol. The molecular formula is C28H22F3N5O5. The molecule has 0 radical (unpaired) electrons. The highest BCUT2D eigenvalue weighted by atomic mass is 19.4. The zero-order valence-electron chi connectivity index (χ0n) is 21.5. The zero-order valence-corrected chi connectivity index (χ0v) is 21.5. The first-order valence-electron chi connectivity index (χ1n) is 12.1. The van der Waals surface area contributed by atoms with Crippen molar-refractivity contribution in [2.45, 2.75) is 13.1 Å². The Balaban J connectivity index is 1.28. The molecular weight excluding hydrogens is 543 g/mol. The van der Waals surface area contributed by atoms with Gasteiger partial charge >= 0.3 is 18.2 Å². The molecule has 41 heavy (non-hydrogen) atoms. The first-order valence-corrected chi connectivity index (χ1v) is 12.1. The molecule has 5 rings (SSSR count). The molecule has 10 nitrogen and oxygen atoms in total. The van der Waals surface area contributed by atoms with Crippen molar-refractivity contribution in [2.24, 2.45) is 0 Å². The van der Waals surface area contributed by atoms with E-state index in [0.29, 0.717) is 45.1 Å². The van der Waals surface area contributed by atoms with Gasteiger partial charge in [-0.05, 0) is 49.4 Å². The Morgan fingerprint density at radius 3 is 2.51 bits per heavy atom. The average molecular weight is 566 g/mol. The first-order chi connectivity index (χ1) is 19.5. The van der Waals surface area contributed by atoms with Gasteiger partial charge in [0, 0.05) is 40.6 Å². The lowest BCUT2D eigenvalue weighted by Crippen LogP contribution is -2.21. The van der Waals surface area contributed by atoms with Gasteiger partial charge in [-0.25, -0.2) is 9.59 Å². The van der Waals surface area contributed by atoms with Crippen molar-refractivity contribution < 1.29 is 36.7 Å². The van der Waals surface area contributed by atoms with Crippen molar-refractivity contribution in [1.82, 2.24) is 4.98 Å². The van der Waals surface area contributed by atoms with E-state index in [0.717, 1.165) is 6.07 Å².